The Bertz CT molecular complexity index is 520. The van der Waals surface area contributed by atoms with Gasteiger partial charge in [-0.2, -0.15) is 0 Å². The van der Waals surface area contributed by atoms with Crippen LogP contribution in [0.2, 0.25) is 0 Å². The van der Waals surface area contributed by atoms with Crippen LogP contribution in [0, 0.1) is 5.92 Å². The van der Waals surface area contributed by atoms with Crippen LogP contribution >= 0.6 is 0 Å². The fourth-order valence-corrected chi connectivity index (χ4v) is 3.13. The lowest BCUT2D eigenvalue weighted by Crippen LogP contribution is -2.46. The summed E-state index contributed by atoms with van der Waals surface area (Å²) in [5.41, 5.74) is 6.01. The molecule has 2 N–H and O–H groups in total. The number of amides is 1. The molecule has 5 nitrogen and oxygen atoms in total. The minimum absolute atomic E-state index is 0.00389. The first-order chi connectivity index (χ1) is 10.1. The number of ether oxygens (including phenoxy) is 2. The van der Waals surface area contributed by atoms with Crippen molar-refractivity contribution in [3.05, 3.63) is 24.3 Å². The molecule has 1 aromatic carbocycles. The summed E-state index contributed by atoms with van der Waals surface area (Å²) < 4.78 is 11.6. The van der Waals surface area contributed by atoms with Gasteiger partial charge in [0.25, 0.3) is 0 Å². The van der Waals surface area contributed by atoms with Gasteiger partial charge in [0.05, 0.1) is 12.5 Å². The van der Waals surface area contributed by atoms with Gasteiger partial charge in [-0.25, -0.2) is 0 Å². The zero-order valence-electron chi connectivity index (χ0n) is 12.3. The maximum absolute atomic E-state index is 12.4. The molecule has 2 aliphatic rings. The molecule has 3 rings (SSSR count). The summed E-state index contributed by atoms with van der Waals surface area (Å²) in [5.74, 6) is 1.60. The molecule has 0 saturated heterocycles. The van der Waals surface area contributed by atoms with Gasteiger partial charge in [-0.05, 0) is 25.0 Å². The maximum Gasteiger partial charge on any atom is 0.227 e. The Hall–Kier alpha value is -1.75. The predicted molar refractivity (Wildman–Crippen MR) is 79.3 cm³/mol. The Morgan fingerprint density at radius 1 is 1.33 bits per heavy atom. The molecule has 0 aromatic heterocycles. The van der Waals surface area contributed by atoms with Crippen LogP contribution in [0.15, 0.2) is 24.3 Å². The monoisotopic (exact) mass is 290 g/mol. The summed E-state index contributed by atoms with van der Waals surface area (Å²) in [6, 6.07) is 7.61. The molecule has 0 spiro atoms. The molecule has 5 heteroatoms. The number of rotatable bonds is 3. The van der Waals surface area contributed by atoms with Crippen LogP contribution in [-0.2, 0) is 4.79 Å². The number of hydrogen-bond acceptors (Lipinski definition) is 4. The topological polar surface area (TPSA) is 64.8 Å². The van der Waals surface area contributed by atoms with E-state index in [0.29, 0.717) is 13.2 Å². The Kier molecular flexibility index (Phi) is 4.01. The molecular weight excluding hydrogens is 268 g/mol. The zero-order valence-corrected chi connectivity index (χ0v) is 12.3. The van der Waals surface area contributed by atoms with Crippen LogP contribution in [0.4, 0.5) is 0 Å². The first kappa shape index (κ1) is 14.2. The number of benzene rings is 1. The van der Waals surface area contributed by atoms with Crippen molar-refractivity contribution in [2.45, 2.75) is 31.4 Å². The van der Waals surface area contributed by atoms with Crippen molar-refractivity contribution < 1.29 is 14.3 Å². The van der Waals surface area contributed by atoms with Gasteiger partial charge in [0.2, 0.25) is 5.91 Å². The minimum Gasteiger partial charge on any atom is -0.486 e. The predicted octanol–water partition coefficient (Wildman–Crippen LogP) is 1.41. The number of likely N-dealkylation sites (N-methyl/N-ethyl adjacent to an activating group) is 1. The molecule has 114 valence electrons. The van der Waals surface area contributed by atoms with Crippen molar-refractivity contribution in [3.8, 4) is 11.5 Å². The fraction of sp³-hybridized carbons (Fsp3) is 0.562. The van der Waals surface area contributed by atoms with E-state index in [-0.39, 0.29) is 24.0 Å². The van der Waals surface area contributed by atoms with E-state index >= 15 is 0 Å². The molecule has 3 unspecified atom stereocenters. The lowest BCUT2D eigenvalue weighted by Gasteiger charge is -2.31. The Labute approximate surface area is 125 Å². The number of nitrogens with zero attached hydrogens (tertiary/aromatic N) is 1. The summed E-state index contributed by atoms with van der Waals surface area (Å²) >= 11 is 0. The van der Waals surface area contributed by atoms with Gasteiger partial charge in [-0.15, -0.1) is 0 Å². The number of para-hydroxylation sites is 2. The number of fused-ring (bicyclic) bond motifs is 1. The van der Waals surface area contributed by atoms with Crippen molar-refractivity contribution >= 4 is 5.91 Å². The second kappa shape index (κ2) is 5.93. The van der Waals surface area contributed by atoms with Crippen molar-refractivity contribution in [1.29, 1.82) is 0 Å². The van der Waals surface area contributed by atoms with Gasteiger partial charge in [0, 0.05) is 13.1 Å². The summed E-state index contributed by atoms with van der Waals surface area (Å²) in [4.78, 5) is 14.2. The number of hydrogen-bond donors (Lipinski definition) is 1. The Balaban J connectivity index is 1.58. The Morgan fingerprint density at radius 2 is 2.10 bits per heavy atom. The average molecular weight is 290 g/mol. The van der Waals surface area contributed by atoms with Crippen LogP contribution in [0.5, 0.6) is 11.5 Å². The standard InChI is InChI=1S/C16H22N2O3/c1-18(16(19)12-5-4-6-13(12)17)9-11-10-20-14-7-2-3-8-15(14)21-11/h2-3,7-8,11-13H,4-6,9-10,17H2,1H3. The molecule has 1 aliphatic heterocycles. The lowest BCUT2D eigenvalue weighted by molar-refractivity contribution is -0.135. The van der Waals surface area contributed by atoms with Crippen molar-refractivity contribution in [2.75, 3.05) is 20.2 Å². The molecule has 1 aliphatic carbocycles. The van der Waals surface area contributed by atoms with Crippen molar-refractivity contribution in [1.82, 2.24) is 4.90 Å². The largest absolute Gasteiger partial charge is 0.486 e. The normalized spacial score (nSPS) is 27.4. The van der Waals surface area contributed by atoms with Gasteiger partial charge in [-0.1, -0.05) is 18.6 Å². The van der Waals surface area contributed by atoms with E-state index in [1.54, 1.807) is 4.90 Å². The van der Waals surface area contributed by atoms with Crippen molar-refractivity contribution in [2.24, 2.45) is 11.7 Å². The molecule has 0 radical (unpaired) electrons. The quantitative estimate of drug-likeness (QED) is 0.914. The molecule has 21 heavy (non-hydrogen) atoms. The van der Waals surface area contributed by atoms with Crippen LogP contribution in [0.1, 0.15) is 19.3 Å². The first-order valence-electron chi connectivity index (χ1n) is 7.54. The number of carbonyl (C=O) groups is 1. The zero-order chi connectivity index (χ0) is 14.8. The minimum atomic E-state index is -0.133. The second-order valence-corrected chi connectivity index (χ2v) is 5.92. The first-order valence-corrected chi connectivity index (χ1v) is 7.54. The van der Waals surface area contributed by atoms with Crippen molar-refractivity contribution in [3.63, 3.8) is 0 Å². The van der Waals surface area contributed by atoms with E-state index in [0.717, 1.165) is 30.8 Å². The summed E-state index contributed by atoms with van der Waals surface area (Å²) in [6.45, 7) is 0.988. The number of carbonyl (C=O) groups excluding carboxylic acids is 1. The molecule has 0 bridgehead atoms. The highest BCUT2D eigenvalue weighted by molar-refractivity contribution is 5.79. The van der Waals surface area contributed by atoms with E-state index in [1.165, 1.54) is 0 Å². The number of nitrogens with two attached hydrogens (primary N) is 1. The van der Waals surface area contributed by atoms with Crippen LogP contribution in [0.25, 0.3) is 0 Å². The molecule has 1 fully saturated rings. The molecule has 1 aromatic rings. The van der Waals surface area contributed by atoms with E-state index < -0.39 is 0 Å². The van der Waals surface area contributed by atoms with Gasteiger partial charge >= 0.3 is 0 Å². The maximum atomic E-state index is 12.4. The van der Waals surface area contributed by atoms with Crippen LogP contribution < -0.4 is 15.2 Å². The van der Waals surface area contributed by atoms with E-state index in [1.807, 2.05) is 31.3 Å². The Morgan fingerprint density at radius 3 is 2.81 bits per heavy atom. The lowest BCUT2D eigenvalue weighted by atomic mass is 10.0. The van der Waals surface area contributed by atoms with E-state index in [4.69, 9.17) is 15.2 Å². The molecule has 1 amide bonds. The van der Waals surface area contributed by atoms with Crippen LogP contribution in [-0.4, -0.2) is 43.2 Å². The highest BCUT2D eigenvalue weighted by atomic mass is 16.6. The fourth-order valence-electron chi connectivity index (χ4n) is 3.13. The molecular formula is C16H22N2O3. The molecule has 1 saturated carbocycles. The highest BCUT2D eigenvalue weighted by Gasteiger charge is 2.33. The third-order valence-corrected chi connectivity index (χ3v) is 4.31. The van der Waals surface area contributed by atoms with Gasteiger partial charge < -0.3 is 20.1 Å². The summed E-state index contributed by atoms with van der Waals surface area (Å²) in [7, 11) is 1.82. The smallest absolute Gasteiger partial charge is 0.227 e. The van der Waals surface area contributed by atoms with E-state index in [9.17, 15) is 4.79 Å². The van der Waals surface area contributed by atoms with Gasteiger partial charge in [-0.3, -0.25) is 4.79 Å². The molecule has 3 atom stereocenters. The van der Waals surface area contributed by atoms with Gasteiger partial charge in [0.15, 0.2) is 17.6 Å². The third-order valence-electron chi connectivity index (χ3n) is 4.31. The van der Waals surface area contributed by atoms with Gasteiger partial charge in [0.1, 0.15) is 6.61 Å². The van der Waals surface area contributed by atoms with E-state index in [2.05, 4.69) is 0 Å². The highest BCUT2D eigenvalue weighted by Crippen LogP contribution is 2.31. The molecule has 1 heterocycles. The summed E-state index contributed by atoms with van der Waals surface area (Å²) in [6.07, 6.45) is 2.75. The average Bonchev–Trinajstić information content (AvgIpc) is 2.92. The second-order valence-electron chi connectivity index (χ2n) is 5.92. The SMILES string of the molecule is CN(CC1COc2ccccc2O1)C(=O)C1CCCC1N. The summed E-state index contributed by atoms with van der Waals surface area (Å²) in [5, 5.41) is 0. The third kappa shape index (κ3) is 2.97. The van der Waals surface area contributed by atoms with Crippen LogP contribution in [0.3, 0.4) is 0 Å².